The number of benzene rings is 2. The minimum Gasteiger partial charge on any atom is -0.461 e. The summed E-state index contributed by atoms with van der Waals surface area (Å²) in [6.45, 7) is 3.19. The van der Waals surface area contributed by atoms with Crippen molar-refractivity contribution in [3.8, 4) is 12.0 Å². The number of nitrogens with one attached hydrogen (secondary N) is 2. The van der Waals surface area contributed by atoms with Crippen molar-refractivity contribution in [1.29, 1.82) is 0 Å². The average molecular weight is 819 g/mol. The molecule has 24 heteroatoms. The van der Waals surface area contributed by atoms with Crippen LogP contribution in [0.1, 0.15) is 18.1 Å². The van der Waals surface area contributed by atoms with Crippen LogP contribution in [0.25, 0.3) is 22.3 Å². The Labute approximate surface area is 317 Å². The molecule has 22 nitrogen and oxygen atoms in total. The first kappa shape index (κ1) is 41.7. The number of nitrogens with two attached hydrogens (primary N) is 2. The Balaban J connectivity index is 0.000000215. The molecule has 0 spiro atoms. The highest BCUT2D eigenvalue weighted by Gasteiger charge is 2.22. The molecule has 1 atom stereocenters. The summed E-state index contributed by atoms with van der Waals surface area (Å²) in [6, 6.07) is 12.0. The van der Waals surface area contributed by atoms with E-state index in [0.29, 0.717) is 35.5 Å². The van der Waals surface area contributed by atoms with E-state index in [2.05, 4.69) is 29.9 Å². The fourth-order valence-corrected chi connectivity index (χ4v) is 6.68. The molecule has 1 unspecified atom stereocenters. The Morgan fingerprint density at radius 3 is 1.45 bits per heavy atom. The number of nitrogens with zero attached hydrogens (tertiary/aromatic N) is 6. The van der Waals surface area contributed by atoms with Crippen LogP contribution in [0.4, 0.5) is 11.6 Å². The van der Waals surface area contributed by atoms with Crippen molar-refractivity contribution in [2.75, 3.05) is 58.7 Å². The number of nitrogen functional groups attached to an aromatic ring is 2. The minimum absolute atomic E-state index is 0.0154. The van der Waals surface area contributed by atoms with Gasteiger partial charge in [-0.3, -0.25) is 18.3 Å². The molecule has 6 aromatic rings. The Hall–Kier alpha value is -5.44. The Bertz CT molecular complexity index is 2500. The van der Waals surface area contributed by atoms with Gasteiger partial charge in [0.05, 0.1) is 43.5 Å². The SMILES string of the molecule is CCOP(=O)(O)c1ccc(Cn2c(=O)[nH]c3c(N)nc(OCCOC)nc32)cc1.COCCOc1nc(N)c2[nH]c(=O)n(Cc3ccc(P(=O)(O)O)cc3)c2n1. The first-order valence-electron chi connectivity index (χ1n) is 16.6. The predicted octanol–water partition coefficient (Wildman–Crippen LogP) is 0.201. The number of hydrogen-bond acceptors (Lipinski definition) is 15. The maximum atomic E-state index is 12.4. The predicted molar refractivity (Wildman–Crippen MR) is 204 cm³/mol. The van der Waals surface area contributed by atoms with E-state index in [1.165, 1.54) is 52.6 Å². The van der Waals surface area contributed by atoms with Crippen LogP contribution in [-0.4, -0.2) is 101 Å². The van der Waals surface area contributed by atoms with Gasteiger partial charge in [0, 0.05) is 14.2 Å². The molecule has 6 rings (SSSR count). The van der Waals surface area contributed by atoms with Gasteiger partial charge in [0.2, 0.25) is 0 Å². The largest absolute Gasteiger partial charge is 0.461 e. The lowest BCUT2D eigenvalue weighted by molar-refractivity contribution is 0.141. The van der Waals surface area contributed by atoms with Crippen LogP contribution >= 0.6 is 15.2 Å². The highest BCUT2D eigenvalue weighted by molar-refractivity contribution is 7.61. The summed E-state index contributed by atoms with van der Waals surface area (Å²) >= 11 is 0. The van der Waals surface area contributed by atoms with Crippen molar-refractivity contribution in [2.24, 2.45) is 0 Å². The number of H-pyrrole nitrogens is 2. The van der Waals surface area contributed by atoms with E-state index in [9.17, 15) is 23.6 Å². The molecule has 300 valence electrons. The van der Waals surface area contributed by atoms with Crippen molar-refractivity contribution in [3.63, 3.8) is 0 Å². The molecule has 0 fully saturated rings. The summed E-state index contributed by atoms with van der Waals surface area (Å²) in [5, 5.41) is 0.0766. The standard InChI is InChI=1S/C17H22N5O6P.C15H18N5O6P/c1-3-28-29(24,25)12-6-4-11(5-7-12)10-22-15-13(19-17(22)23)14(18)20-16(21-15)27-9-8-26-2;1-25-6-7-26-14-18-12(16)11-13(19-14)20(15(21)17-11)8-9-2-4-10(5-3-9)27(22,23)24/h4-7H,3,8-10H2,1-2H3,(H,19,23)(H,24,25)(H2,18,20,21);2-5H,6-8H2,1H3,(H,17,21)(H2,16,18,19)(H2,22,23,24). The topological polar surface area (TPSA) is 320 Å². The Kier molecular flexibility index (Phi) is 13.4. The van der Waals surface area contributed by atoms with Crippen molar-refractivity contribution in [3.05, 3.63) is 80.6 Å². The fourth-order valence-electron chi connectivity index (χ4n) is 5.12. The number of imidazole rings is 2. The third-order valence-electron chi connectivity index (χ3n) is 7.82. The van der Waals surface area contributed by atoms with Gasteiger partial charge in [-0.25, -0.2) is 9.59 Å². The van der Waals surface area contributed by atoms with Crippen LogP contribution in [0.15, 0.2) is 58.1 Å². The molecule has 0 bridgehead atoms. The molecule has 0 aliphatic heterocycles. The van der Waals surface area contributed by atoms with Crippen molar-refractivity contribution in [2.45, 2.75) is 20.0 Å². The van der Waals surface area contributed by atoms with Gasteiger partial charge in [-0.1, -0.05) is 24.3 Å². The molecular formula is C32H40N10O12P2. The van der Waals surface area contributed by atoms with E-state index < -0.39 is 26.6 Å². The zero-order valence-corrected chi connectivity index (χ0v) is 32.1. The lowest BCUT2D eigenvalue weighted by Gasteiger charge is -2.11. The molecule has 9 N–H and O–H groups in total. The molecule has 56 heavy (non-hydrogen) atoms. The average Bonchev–Trinajstić information content (AvgIpc) is 3.64. The summed E-state index contributed by atoms with van der Waals surface area (Å²) in [4.78, 5) is 74.6. The fraction of sp³-hybridized carbons (Fsp3) is 0.312. The van der Waals surface area contributed by atoms with Gasteiger partial charge in [-0.2, -0.15) is 19.9 Å². The van der Waals surface area contributed by atoms with Crippen molar-refractivity contribution < 1.29 is 47.3 Å². The zero-order valence-electron chi connectivity index (χ0n) is 30.3. The van der Waals surface area contributed by atoms with Gasteiger partial charge in [0.1, 0.15) is 24.2 Å². The summed E-state index contributed by atoms with van der Waals surface area (Å²) in [5.41, 5.74) is 13.4. The Morgan fingerprint density at radius 2 is 1.07 bits per heavy atom. The van der Waals surface area contributed by atoms with Crippen molar-refractivity contribution >= 4 is 59.8 Å². The van der Waals surface area contributed by atoms with Gasteiger partial charge in [0.15, 0.2) is 22.9 Å². The number of anilines is 2. The second-order valence-electron chi connectivity index (χ2n) is 11.7. The monoisotopic (exact) mass is 818 g/mol. The van der Waals surface area contributed by atoms with Gasteiger partial charge >= 0.3 is 38.6 Å². The number of rotatable bonds is 16. The number of methoxy groups -OCH3 is 2. The van der Waals surface area contributed by atoms with Crippen LogP contribution in [0.5, 0.6) is 12.0 Å². The van der Waals surface area contributed by atoms with Gasteiger partial charge < -0.3 is 59.6 Å². The highest BCUT2D eigenvalue weighted by Crippen LogP contribution is 2.40. The van der Waals surface area contributed by atoms with Crippen LogP contribution in [0.2, 0.25) is 0 Å². The smallest absolute Gasteiger partial charge is 0.358 e. The first-order valence-corrected chi connectivity index (χ1v) is 19.8. The summed E-state index contributed by atoms with van der Waals surface area (Å²) in [5.74, 6) is 0.159. The number of aromatic nitrogens is 8. The zero-order chi connectivity index (χ0) is 40.6. The lowest BCUT2D eigenvalue weighted by Crippen LogP contribution is -2.18. The minimum atomic E-state index is -4.32. The molecule has 0 radical (unpaired) electrons. The lowest BCUT2D eigenvalue weighted by atomic mass is 10.2. The van der Waals surface area contributed by atoms with Crippen LogP contribution in [-0.2, 0) is 36.2 Å². The molecule has 4 heterocycles. The quantitative estimate of drug-likeness (QED) is 0.0507. The number of ether oxygens (including phenoxy) is 4. The van der Waals surface area contributed by atoms with E-state index in [-0.39, 0.29) is 78.3 Å². The first-order chi connectivity index (χ1) is 26.6. The highest BCUT2D eigenvalue weighted by atomic mass is 31.2. The third kappa shape index (κ3) is 10.0. The van der Waals surface area contributed by atoms with E-state index in [1.54, 1.807) is 26.2 Å². The Morgan fingerprint density at radius 1 is 0.661 bits per heavy atom. The van der Waals surface area contributed by atoms with Gasteiger partial charge in [-0.05, 0) is 42.3 Å². The second kappa shape index (κ2) is 18.0. The molecule has 4 aromatic heterocycles. The number of aromatic amines is 2. The molecule has 0 aliphatic carbocycles. The summed E-state index contributed by atoms with van der Waals surface area (Å²) in [6.07, 6.45) is 0. The van der Waals surface area contributed by atoms with Crippen LogP contribution < -0.4 is 42.9 Å². The van der Waals surface area contributed by atoms with E-state index in [4.69, 9.17) is 44.7 Å². The summed E-state index contributed by atoms with van der Waals surface area (Å²) in [7, 11) is -5.10. The molecule has 0 aliphatic rings. The van der Waals surface area contributed by atoms with E-state index in [1.807, 2.05) is 0 Å². The third-order valence-corrected chi connectivity index (χ3v) is 10.3. The maximum Gasteiger partial charge on any atom is 0.358 e. The molecule has 0 saturated carbocycles. The van der Waals surface area contributed by atoms with Gasteiger partial charge in [-0.15, -0.1) is 0 Å². The van der Waals surface area contributed by atoms with Gasteiger partial charge in [0.25, 0.3) is 0 Å². The van der Waals surface area contributed by atoms with Crippen molar-refractivity contribution in [1.82, 2.24) is 39.0 Å². The normalized spacial score (nSPS) is 12.7. The number of fused-ring (bicyclic) bond motifs is 2. The summed E-state index contributed by atoms with van der Waals surface area (Å²) < 4.78 is 51.5. The van der Waals surface area contributed by atoms with Crippen LogP contribution in [0, 0.1) is 0 Å². The molecular weight excluding hydrogens is 778 g/mol. The molecule has 0 amide bonds. The van der Waals surface area contributed by atoms with Crippen LogP contribution in [0.3, 0.4) is 0 Å². The molecule has 2 aromatic carbocycles. The second-order valence-corrected chi connectivity index (χ2v) is 15.1. The van der Waals surface area contributed by atoms with E-state index in [0.717, 1.165) is 0 Å². The maximum absolute atomic E-state index is 12.4. The molecule has 0 saturated heterocycles. The van der Waals surface area contributed by atoms with E-state index >= 15 is 0 Å². The number of hydrogen-bond donors (Lipinski definition) is 7.